The molecule has 21 heavy (non-hydrogen) atoms. The highest BCUT2D eigenvalue weighted by Crippen LogP contribution is 2.17. The number of rotatable bonds is 4. The Labute approximate surface area is 128 Å². The molecule has 2 rings (SSSR count). The van der Waals surface area contributed by atoms with Crippen molar-refractivity contribution in [2.75, 3.05) is 0 Å². The summed E-state index contributed by atoms with van der Waals surface area (Å²) in [5, 5.41) is 11.6. The Bertz CT molecular complexity index is 656. The number of carbonyl (C=O) groups is 2. The third-order valence-electron chi connectivity index (χ3n) is 2.78. The normalized spacial score (nSPS) is 11.7. The first-order chi connectivity index (χ1) is 9.97. The predicted octanol–water partition coefficient (Wildman–Crippen LogP) is 3.14. The van der Waals surface area contributed by atoms with E-state index in [0.717, 1.165) is 6.07 Å². The molecule has 6 heteroatoms. The van der Waals surface area contributed by atoms with Crippen molar-refractivity contribution in [3.8, 4) is 0 Å². The number of carboxylic acids is 1. The molecule has 4 nitrogen and oxygen atoms in total. The van der Waals surface area contributed by atoms with Crippen LogP contribution in [-0.4, -0.2) is 17.0 Å². The van der Waals surface area contributed by atoms with E-state index in [1.54, 1.807) is 30.3 Å². The molecule has 2 aromatic carbocycles. The number of halogens is 2. The lowest BCUT2D eigenvalue weighted by molar-refractivity contribution is -0.139. The van der Waals surface area contributed by atoms with Gasteiger partial charge in [-0.15, -0.1) is 0 Å². The second-order valence-corrected chi connectivity index (χ2v) is 5.23. The van der Waals surface area contributed by atoms with Crippen LogP contribution in [0.4, 0.5) is 4.39 Å². The van der Waals surface area contributed by atoms with Crippen molar-refractivity contribution >= 4 is 27.8 Å². The molecule has 0 aliphatic carbocycles. The fourth-order valence-electron chi connectivity index (χ4n) is 1.83. The SMILES string of the molecule is O=C(NC(C(=O)O)c1ccccc1)c1cc(F)cc(Br)c1. The zero-order chi connectivity index (χ0) is 15.4. The quantitative estimate of drug-likeness (QED) is 0.889. The highest BCUT2D eigenvalue weighted by Gasteiger charge is 2.22. The maximum Gasteiger partial charge on any atom is 0.330 e. The summed E-state index contributed by atoms with van der Waals surface area (Å²) in [5.41, 5.74) is 0.484. The molecule has 0 fully saturated rings. The number of hydrogen-bond acceptors (Lipinski definition) is 2. The van der Waals surface area contributed by atoms with Gasteiger partial charge in [0, 0.05) is 10.0 Å². The first-order valence-corrected chi connectivity index (χ1v) is 6.81. The lowest BCUT2D eigenvalue weighted by atomic mass is 10.1. The molecule has 0 aliphatic heterocycles. The van der Waals surface area contributed by atoms with Gasteiger partial charge in [-0.3, -0.25) is 4.79 Å². The summed E-state index contributed by atoms with van der Waals surface area (Å²) in [6, 6.07) is 10.8. The minimum Gasteiger partial charge on any atom is -0.479 e. The van der Waals surface area contributed by atoms with Gasteiger partial charge in [0.25, 0.3) is 5.91 Å². The number of nitrogens with one attached hydrogen (secondary N) is 1. The van der Waals surface area contributed by atoms with Crippen LogP contribution in [-0.2, 0) is 4.79 Å². The summed E-state index contributed by atoms with van der Waals surface area (Å²) in [6.07, 6.45) is 0. The van der Waals surface area contributed by atoms with Crippen LogP contribution in [0.2, 0.25) is 0 Å². The zero-order valence-corrected chi connectivity index (χ0v) is 12.3. The Morgan fingerprint density at radius 1 is 1.14 bits per heavy atom. The zero-order valence-electron chi connectivity index (χ0n) is 10.7. The molecule has 0 aromatic heterocycles. The highest BCUT2D eigenvalue weighted by molar-refractivity contribution is 9.10. The van der Waals surface area contributed by atoms with E-state index in [0.29, 0.717) is 10.0 Å². The maximum absolute atomic E-state index is 13.3. The van der Waals surface area contributed by atoms with Gasteiger partial charge in [0.15, 0.2) is 6.04 Å². The highest BCUT2D eigenvalue weighted by atomic mass is 79.9. The molecule has 0 aliphatic rings. The summed E-state index contributed by atoms with van der Waals surface area (Å²) in [6.45, 7) is 0. The Morgan fingerprint density at radius 2 is 1.81 bits per heavy atom. The average Bonchev–Trinajstić information content (AvgIpc) is 2.44. The van der Waals surface area contributed by atoms with Crippen molar-refractivity contribution in [1.29, 1.82) is 0 Å². The second-order valence-electron chi connectivity index (χ2n) is 4.31. The van der Waals surface area contributed by atoms with E-state index in [9.17, 15) is 19.1 Å². The van der Waals surface area contributed by atoms with E-state index in [1.807, 2.05) is 0 Å². The molecule has 2 N–H and O–H groups in total. The van der Waals surface area contributed by atoms with Crippen LogP contribution in [0.15, 0.2) is 53.0 Å². The van der Waals surface area contributed by atoms with Crippen molar-refractivity contribution in [2.45, 2.75) is 6.04 Å². The minimum absolute atomic E-state index is 0.0454. The van der Waals surface area contributed by atoms with Crippen molar-refractivity contribution < 1.29 is 19.1 Å². The van der Waals surface area contributed by atoms with Crippen LogP contribution in [0.25, 0.3) is 0 Å². The largest absolute Gasteiger partial charge is 0.479 e. The molecule has 1 atom stereocenters. The van der Waals surface area contributed by atoms with Crippen LogP contribution in [0.1, 0.15) is 22.0 Å². The molecule has 0 bridgehead atoms. The average molecular weight is 352 g/mol. The van der Waals surface area contributed by atoms with Crippen LogP contribution >= 0.6 is 15.9 Å². The minimum atomic E-state index is -1.19. The van der Waals surface area contributed by atoms with E-state index in [4.69, 9.17) is 0 Å². The molecule has 108 valence electrons. The number of aliphatic carboxylic acids is 1. The smallest absolute Gasteiger partial charge is 0.330 e. The molecule has 0 heterocycles. The third kappa shape index (κ3) is 3.88. The van der Waals surface area contributed by atoms with Crippen molar-refractivity contribution in [3.05, 3.63) is 69.9 Å². The number of benzene rings is 2. The van der Waals surface area contributed by atoms with Gasteiger partial charge >= 0.3 is 5.97 Å². The van der Waals surface area contributed by atoms with Crippen LogP contribution < -0.4 is 5.32 Å². The molecule has 0 saturated heterocycles. The Hall–Kier alpha value is -2.21. The Morgan fingerprint density at radius 3 is 2.38 bits per heavy atom. The molecule has 1 unspecified atom stereocenters. The first-order valence-electron chi connectivity index (χ1n) is 6.02. The number of carbonyl (C=O) groups excluding carboxylic acids is 1. The standard InChI is InChI=1S/C15H11BrFNO3/c16-11-6-10(7-12(17)8-11)14(19)18-13(15(20)21)9-4-2-1-3-5-9/h1-8,13H,(H,18,19)(H,20,21). The van der Waals surface area contributed by atoms with Gasteiger partial charge in [-0.2, -0.15) is 0 Å². The monoisotopic (exact) mass is 351 g/mol. The summed E-state index contributed by atoms with van der Waals surface area (Å²) in [4.78, 5) is 23.4. The van der Waals surface area contributed by atoms with Gasteiger partial charge in [-0.25, -0.2) is 9.18 Å². The fraction of sp³-hybridized carbons (Fsp3) is 0.0667. The van der Waals surface area contributed by atoms with Crippen LogP contribution in [0.3, 0.4) is 0 Å². The van der Waals surface area contributed by atoms with Gasteiger partial charge in [0.05, 0.1) is 0 Å². The molecular formula is C15H11BrFNO3. The molecule has 0 saturated carbocycles. The van der Waals surface area contributed by atoms with E-state index < -0.39 is 23.7 Å². The fourth-order valence-corrected chi connectivity index (χ4v) is 2.30. The Kier molecular flexibility index (Phi) is 4.70. The van der Waals surface area contributed by atoms with E-state index in [2.05, 4.69) is 21.2 Å². The summed E-state index contributed by atoms with van der Waals surface area (Å²) in [5.74, 6) is -2.43. The van der Waals surface area contributed by atoms with Crippen LogP contribution in [0, 0.1) is 5.82 Å². The maximum atomic E-state index is 13.3. The lowest BCUT2D eigenvalue weighted by Gasteiger charge is -2.15. The van der Waals surface area contributed by atoms with E-state index in [-0.39, 0.29) is 5.56 Å². The van der Waals surface area contributed by atoms with E-state index in [1.165, 1.54) is 12.1 Å². The lowest BCUT2D eigenvalue weighted by Crippen LogP contribution is -2.33. The van der Waals surface area contributed by atoms with E-state index >= 15 is 0 Å². The summed E-state index contributed by atoms with van der Waals surface area (Å²) >= 11 is 3.09. The predicted molar refractivity (Wildman–Crippen MR) is 78.4 cm³/mol. The van der Waals surface area contributed by atoms with Crippen molar-refractivity contribution in [2.24, 2.45) is 0 Å². The number of amides is 1. The first kappa shape index (κ1) is 15.2. The second kappa shape index (κ2) is 6.49. The van der Waals surface area contributed by atoms with Crippen molar-refractivity contribution in [1.82, 2.24) is 5.32 Å². The van der Waals surface area contributed by atoms with Crippen molar-refractivity contribution in [3.63, 3.8) is 0 Å². The Balaban J connectivity index is 2.25. The molecule has 2 aromatic rings. The van der Waals surface area contributed by atoms with Gasteiger partial charge in [0.2, 0.25) is 0 Å². The van der Waals surface area contributed by atoms with Gasteiger partial charge in [-0.05, 0) is 23.8 Å². The number of carboxylic acid groups (broad SMARTS) is 1. The third-order valence-corrected chi connectivity index (χ3v) is 3.24. The molecule has 0 radical (unpaired) electrons. The molecule has 0 spiro atoms. The molecule has 1 amide bonds. The van der Waals surface area contributed by atoms with Gasteiger partial charge in [-0.1, -0.05) is 46.3 Å². The van der Waals surface area contributed by atoms with Gasteiger partial charge < -0.3 is 10.4 Å². The van der Waals surface area contributed by atoms with Crippen LogP contribution in [0.5, 0.6) is 0 Å². The molecular weight excluding hydrogens is 341 g/mol. The van der Waals surface area contributed by atoms with Gasteiger partial charge in [0.1, 0.15) is 5.82 Å². The topological polar surface area (TPSA) is 66.4 Å². The summed E-state index contributed by atoms with van der Waals surface area (Å²) in [7, 11) is 0. The number of hydrogen-bond donors (Lipinski definition) is 2. The summed E-state index contributed by atoms with van der Waals surface area (Å²) < 4.78 is 13.7.